The molecule has 0 aliphatic rings. The number of hydrogen-bond donors (Lipinski definition) is 4. The quantitative estimate of drug-likeness (QED) is 0.506. The van der Waals surface area contributed by atoms with E-state index < -0.39 is 0 Å². The SMILES string of the molecule is Cc1cc(NN)ccc1C(=O)Nc1ccc(CO)cc1. The Morgan fingerprint density at radius 3 is 2.35 bits per heavy atom. The minimum atomic E-state index is -0.178. The molecule has 2 rings (SSSR count). The van der Waals surface area contributed by atoms with Gasteiger partial charge >= 0.3 is 0 Å². The molecule has 0 radical (unpaired) electrons. The van der Waals surface area contributed by atoms with Gasteiger partial charge in [0.1, 0.15) is 0 Å². The molecule has 0 spiro atoms. The van der Waals surface area contributed by atoms with Crippen molar-refractivity contribution in [2.45, 2.75) is 13.5 Å². The molecule has 1 amide bonds. The molecule has 0 saturated carbocycles. The number of nitrogen functional groups attached to an aromatic ring is 1. The van der Waals surface area contributed by atoms with Gasteiger partial charge in [-0.25, -0.2) is 0 Å². The molecule has 0 unspecified atom stereocenters. The van der Waals surface area contributed by atoms with E-state index in [0.717, 1.165) is 16.8 Å². The van der Waals surface area contributed by atoms with Crippen LogP contribution in [0.25, 0.3) is 0 Å². The van der Waals surface area contributed by atoms with E-state index in [1.807, 2.05) is 13.0 Å². The fraction of sp³-hybridized carbons (Fsp3) is 0.133. The zero-order valence-electron chi connectivity index (χ0n) is 11.2. The van der Waals surface area contributed by atoms with Crippen molar-refractivity contribution in [2.24, 2.45) is 5.84 Å². The van der Waals surface area contributed by atoms with Crippen LogP contribution in [0.4, 0.5) is 11.4 Å². The van der Waals surface area contributed by atoms with Crippen molar-refractivity contribution in [1.82, 2.24) is 0 Å². The Morgan fingerprint density at radius 1 is 1.15 bits per heavy atom. The van der Waals surface area contributed by atoms with E-state index in [1.165, 1.54) is 0 Å². The zero-order valence-corrected chi connectivity index (χ0v) is 11.2. The van der Waals surface area contributed by atoms with Gasteiger partial charge in [0, 0.05) is 16.9 Å². The van der Waals surface area contributed by atoms with E-state index in [9.17, 15) is 4.79 Å². The van der Waals surface area contributed by atoms with Crippen LogP contribution in [0, 0.1) is 6.92 Å². The zero-order chi connectivity index (χ0) is 14.5. The summed E-state index contributed by atoms with van der Waals surface area (Å²) in [5.74, 6) is 5.15. The number of carbonyl (C=O) groups is 1. The van der Waals surface area contributed by atoms with Crippen molar-refractivity contribution >= 4 is 17.3 Å². The number of rotatable bonds is 4. The van der Waals surface area contributed by atoms with Crippen LogP contribution in [0.1, 0.15) is 21.5 Å². The Kier molecular flexibility index (Phi) is 4.34. The summed E-state index contributed by atoms with van der Waals surface area (Å²) < 4.78 is 0. The third-order valence-electron chi connectivity index (χ3n) is 3.03. The summed E-state index contributed by atoms with van der Waals surface area (Å²) in [4.78, 5) is 12.2. The van der Waals surface area contributed by atoms with E-state index in [1.54, 1.807) is 36.4 Å². The van der Waals surface area contributed by atoms with Crippen LogP contribution in [-0.4, -0.2) is 11.0 Å². The fourth-order valence-electron chi connectivity index (χ4n) is 1.90. The predicted octanol–water partition coefficient (Wildman–Crippen LogP) is 2.03. The number of carbonyl (C=O) groups excluding carboxylic acids is 1. The maximum atomic E-state index is 12.2. The predicted molar refractivity (Wildman–Crippen MR) is 79.3 cm³/mol. The average molecular weight is 271 g/mol. The monoisotopic (exact) mass is 271 g/mol. The lowest BCUT2D eigenvalue weighted by atomic mass is 10.1. The molecule has 0 saturated heterocycles. The van der Waals surface area contributed by atoms with Gasteiger partial charge < -0.3 is 15.8 Å². The van der Waals surface area contributed by atoms with Crippen LogP contribution in [0.15, 0.2) is 42.5 Å². The van der Waals surface area contributed by atoms with Crippen molar-refractivity contribution in [2.75, 3.05) is 10.7 Å². The van der Waals surface area contributed by atoms with Crippen molar-refractivity contribution in [1.29, 1.82) is 0 Å². The summed E-state index contributed by atoms with van der Waals surface area (Å²) in [6.45, 7) is 1.84. The normalized spacial score (nSPS) is 10.2. The fourth-order valence-corrected chi connectivity index (χ4v) is 1.90. The Balaban J connectivity index is 2.14. The van der Waals surface area contributed by atoms with E-state index in [4.69, 9.17) is 10.9 Å². The van der Waals surface area contributed by atoms with Gasteiger partial charge in [0.05, 0.1) is 6.61 Å². The lowest BCUT2D eigenvalue weighted by Crippen LogP contribution is -2.14. The number of amides is 1. The number of aliphatic hydroxyl groups excluding tert-OH is 1. The third kappa shape index (κ3) is 3.14. The van der Waals surface area contributed by atoms with Gasteiger partial charge in [0.15, 0.2) is 0 Å². The molecule has 2 aromatic rings. The summed E-state index contributed by atoms with van der Waals surface area (Å²) in [7, 11) is 0. The second-order valence-corrected chi connectivity index (χ2v) is 4.48. The summed E-state index contributed by atoms with van der Waals surface area (Å²) in [5.41, 5.74) is 6.22. The lowest BCUT2D eigenvalue weighted by Gasteiger charge is -2.09. The first-order valence-corrected chi connectivity index (χ1v) is 6.22. The molecule has 0 aliphatic carbocycles. The van der Waals surface area contributed by atoms with Gasteiger partial charge in [-0.1, -0.05) is 12.1 Å². The van der Waals surface area contributed by atoms with E-state index in [-0.39, 0.29) is 12.5 Å². The molecule has 0 aliphatic heterocycles. The molecule has 5 N–H and O–H groups in total. The summed E-state index contributed by atoms with van der Waals surface area (Å²) in [6, 6.07) is 12.3. The molecule has 0 aromatic heterocycles. The molecule has 0 fully saturated rings. The van der Waals surface area contributed by atoms with E-state index >= 15 is 0 Å². The average Bonchev–Trinajstić information content (AvgIpc) is 2.47. The Hall–Kier alpha value is -2.37. The molecule has 0 atom stereocenters. The Labute approximate surface area is 117 Å². The highest BCUT2D eigenvalue weighted by molar-refractivity contribution is 6.05. The number of hydrazine groups is 1. The first-order chi connectivity index (χ1) is 9.63. The number of anilines is 2. The van der Waals surface area contributed by atoms with Crippen molar-refractivity contribution in [3.05, 3.63) is 59.2 Å². The first kappa shape index (κ1) is 14.0. The second-order valence-electron chi connectivity index (χ2n) is 4.48. The minimum absolute atomic E-state index is 0.0130. The Morgan fingerprint density at radius 2 is 1.80 bits per heavy atom. The molecule has 20 heavy (non-hydrogen) atoms. The largest absolute Gasteiger partial charge is 0.392 e. The number of benzene rings is 2. The van der Waals surface area contributed by atoms with Crippen LogP contribution < -0.4 is 16.6 Å². The molecule has 5 heteroatoms. The van der Waals surface area contributed by atoms with Gasteiger partial charge in [-0.2, -0.15) is 0 Å². The summed E-state index contributed by atoms with van der Waals surface area (Å²) in [5, 5.41) is 11.8. The number of hydrogen-bond acceptors (Lipinski definition) is 4. The van der Waals surface area contributed by atoms with Crippen LogP contribution in [0.5, 0.6) is 0 Å². The molecular weight excluding hydrogens is 254 g/mol. The third-order valence-corrected chi connectivity index (χ3v) is 3.03. The highest BCUT2D eigenvalue weighted by atomic mass is 16.3. The Bertz CT molecular complexity index is 609. The van der Waals surface area contributed by atoms with E-state index in [0.29, 0.717) is 11.3 Å². The smallest absolute Gasteiger partial charge is 0.255 e. The number of nitrogens with one attached hydrogen (secondary N) is 2. The highest BCUT2D eigenvalue weighted by Gasteiger charge is 2.09. The summed E-state index contributed by atoms with van der Waals surface area (Å²) in [6.07, 6.45) is 0. The molecule has 0 heterocycles. The highest BCUT2D eigenvalue weighted by Crippen LogP contribution is 2.17. The van der Waals surface area contributed by atoms with Crippen LogP contribution >= 0.6 is 0 Å². The second kappa shape index (κ2) is 6.18. The maximum Gasteiger partial charge on any atom is 0.255 e. The van der Waals surface area contributed by atoms with Crippen molar-refractivity contribution in [3.63, 3.8) is 0 Å². The standard InChI is InChI=1S/C15H17N3O2/c1-10-8-13(18-16)6-7-14(10)15(20)17-12-4-2-11(9-19)3-5-12/h2-8,18-19H,9,16H2,1H3,(H,17,20). The lowest BCUT2D eigenvalue weighted by molar-refractivity contribution is 0.102. The van der Waals surface area contributed by atoms with Crippen molar-refractivity contribution in [3.8, 4) is 0 Å². The molecule has 104 valence electrons. The summed E-state index contributed by atoms with van der Waals surface area (Å²) >= 11 is 0. The minimum Gasteiger partial charge on any atom is -0.392 e. The first-order valence-electron chi connectivity index (χ1n) is 6.22. The maximum absolute atomic E-state index is 12.2. The number of aryl methyl sites for hydroxylation is 1. The van der Waals surface area contributed by atoms with Gasteiger partial charge in [0.25, 0.3) is 5.91 Å². The molecule has 2 aromatic carbocycles. The number of aliphatic hydroxyl groups is 1. The van der Waals surface area contributed by atoms with Gasteiger partial charge in [-0.3, -0.25) is 10.6 Å². The van der Waals surface area contributed by atoms with Gasteiger partial charge in [0.2, 0.25) is 0 Å². The number of nitrogens with two attached hydrogens (primary N) is 1. The van der Waals surface area contributed by atoms with Crippen LogP contribution in [0.2, 0.25) is 0 Å². The van der Waals surface area contributed by atoms with Crippen molar-refractivity contribution < 1.29 is 9.90 Å². The topological polar surface area (TPSA) is 87.4 Å². The van der Waals surface area contributed by atoms with Gasteiger partial charge in [-0.05, 0) is 48.4 Å². The molecule has 5 nitrogen and oxygen atoms in total. The molecule has 0 bridgehead atoms. The molecular formula is C15H17N3O2. The van der Waals surface area contributed by atoms with Gasteiger partial charge in [-0.15, -0.1) is 0 Å². The van der Waals surface area contributed by atoms with Crippen LogP contribution in [-0.2, 0) is 6.61 Å². The van der Waals surface area contributed by atoms with E-state index in [2.05, 4.69) is 10.7 Å². The van der Waals surface area contributed by atoms with Crippen LogP contribution in [0.3, 0.4) is 0 Å².